The molecule has 6 heteroatoms. The first kappa shape index (κ1) is 16.3. The van der Waals surface area contributed by atoms with E-state index < -0.39 is 10.0 Å². The average Bonchev–Trinajstić information content (AvgIpc) is 2.41. The van der Waals surface area contributed by atoms with Crippen LogP contribution in [-0.4, -0.2) is 26.9 Å². The Balaban J connectivity index is 2.22. The molecule has 0 unspecified atom stereocenters. The van der Waals surface area contributed by atoms with Crippen molar-refractivity contribution in [2.24, 2.45) is 0 Å². The lowest BCUT2D eigenvalue weighted by Crippen LogP contribution is -2.21. The first-order chi connectivity index (χ1) is 9.89. The molecule has 2 aromatic rings. The van der Waals surface area contributed by atoms with Crippen LogP contribution in [-0.2, 0) is 14.8 Å². The smallest absolute Gasteiger partial charge is 0.235 e. The van der Waals surface area contributed by atoms with Crippen molar-refractivity contribution in [3.8, 4) is 0 Å². The van der Waals surface area contributed by atoms with Gasteiger partial charge in [0.2, 0.25) is 10.0 Å². The predicted molar refractivity (Wildman–Crippen MR) is 90.1 cm³/mol. The number of hydrogen-bond donors (Lipinski definition) is 1. The molecule has 2 aromatic carbocycles. The zero-order valence-electron chi connectivity index (χ0n) is 12.0. The van der Waals surface area contributed by atoms with Crippen molar-refractivity contribution in [1.29, 1.82) is 0 Å². The van der Waals surface area contributed by atoms with Crippen molar-refractivity contribution in [2.45, 2.75) is 20.0 Å². The highest BCUT2D eigenvalue weighted by molar-refractivity contribution is 9.10. The van der Waals surface area contributed by atoms with Crippen LogP contribution in [0.25, 0.3) is 10.8 Å². The van der Waals surface area contributed by atoms with Gasteiger partial charge in [0.25, 0.3) is 0 Å². The second-order valence-corrected chi connectivity index (χ2v) is 7.68. The van der Waals surface area contributed by atoms with Gasteiger partial charge in [-0.1, -0.05) is 40.2 Å². The Bertz CT molecular complexity index is 729. The molecular weight excluding hydrogens is 354 g/mol. The predicted octanol–water partition coefficient (Wildman–Crippen LogP) is 3.77. The number of sulfonamides is 1. The van der Waals surface area contributed by atoms with Gasteiger partial charge in [-0.2, -0.15) is 0 Å². The Morgan fingerprint density at radius 3 is 2.48 bits per heavy atom. The molecule has 0 aliphatic carbocycles. The van der Waals surface area contributed by atoms with Gasteiger partial charge in [-0.25, -0.2) is 8.42 Å². The van der Waals surface area contributed by atoms with Crippen LogP contribution in [0.15, 0.2) is 40.9 Å². The fraction of sp³-hybridized carbons (Fsp3) is 0.333. The lowest BCUT2D eigenvalue weighted by Gasteiger charge is -2.12. The van der Waals surface area contributed by atoms with E-state index >= 15 is 0 Å². The molecule has 0 saturated carbocycles. The van der Waals surface area contributed by atoms with Crippen molar-refractivity contribution >= 4 is 42.4 Å². The molecule has 0 atom stereocenters. The topological polar surface area (TPSA) is 55.4 Å². The van der Waals surface area contributed by atoms with Gasteiger partial charge in [0, 0.05) is 9.86 Å². The van der Waals surface area contributed by atoms with Gasteiger partial charge in [-0.15, -0.1) is 0 Å². The van der Waals surface area contributed by atoms with Gasteiger partial charge >= 0.3 is 0 Å². The maximum atomic E-state index is 12.1. The van der Waals surface area contributed by atoms with Crippen molar-refractivity contribution in [3.05, 3.63) is 40.9 Å². The number of ether oxygens (including phenoxy) is 1. The third kappa shape index (κ3) is 4.43. The minimum Gasteiger partial charge on any atom is -0.378 e. The van der Waals surface area contributed by atoms with Gasteiger partial charge in [-0.3, -0.25) is 4.72 Å². The highest BCUT2D eigenvalue weighted by Gasteiger charge is 2.13. The highest BCUT2D eigenvalue weighted by Crippen LogP contribution is 2.30. The molecule has 0 spiro atoms. The van der Waals surface area contributed by atoms with E-state index in [4.69, 9.17) is 4.74 Å². The Morgan fingerprint density at radius 1 is 1.14 bits per heavy atom. The summed E-state index contributed by atoms with van der Waals surface area (Å²) in [4.78, 5) is 0. The van der Waals surface area contributed by atoms with E-state index in [0.717, 1.165) is 15.2 Å². The number of fused-ring (bicyclic) bond motifs is 1. The number of halogens is 1. The van der Waals surface area contributed by atoms with Crippen LogP contribution in [0.4, 0.5) is 5.69 Å². The number of hydrogen-bond acceptors (Lipinski definition) is 3. The molecule has 114 valence electrons. The Hall–Kier alpha value is -1.11. The van der Waals surface area contributed by atoms with Gasteiger partial charge in [0.05, 0.1) is 24.2 Å². The molecular formula is C15H18BrNO3S. The van der Waals surface area contributed by atoms with Crippen LogP contribution < -0.4 is 4.72 Å². The van der Waals surface area contributed by atoms with E-state index in [1.807, 2.05) is 44.2 Å². The third-order valence-corrected chi connectivity index (χ3v) is 4.87. The number of benzene rings is 2. The summed E-state index contributed by atoms with van der Waals surface area (Å²) in [6.07, 6.45) is 0.0220. The summed E-state index contributed by atoms with van der Waals surface area (Å²) in [5, 5.41) is 1.83. The Morgan fingerprint density at radius 2 is 1.81 bits per heavy atom. The molecule has 0 aliphatic heterocycles. The summed E-state index contributed by atoms with van der Waals surface area (Å²) in [7, 11) is -3.42. The van der Waals surface area contributed by atoms with Gasteiger partial charge in [0.15, 0.2) is 0 Å². The van der Waals surface area contributed by atoms with Gasteiger partial charge < -0.3 is 4.74 Å². The monoisotopic (exact) mass is 371 g/mol. The van der Waals surface area contributed by atoms with Crippen molar-refractivity contribution in [3.63, 3.8) is 0 Å². The minimum atomic E-state index is -3.42. The van der Waals surface area contributed by atoms with E-state index in [0.29, 0.717) is 5.69 Å². The number of anilines is 1. The zero-order chi connectivity index (χ0) is 15.5. The van der Waals surface area contributed by atoms with Crippen LogP contribution in [0.2, 0.25) is 0 Å². The molecule has 2 rings (SSSR count). The van der Waals surface area contributed by atoms with E-state index in [9.17, 15) is 8.42 Å². The molecule has 0 bridgehead atoms. The second-order valence-electron chi connectivity index (χ2n) is 4.98. The summed E-state index contributed by atoms with van der Waals surface area (Å²) in [5.41, 5.74) is 0.582. The van der Waals surface area contributed by atoms with Gasteiger partial charge in [0.1, 0.15) is 0 Å². The SMILES string of the molecule is CC(C)OCCS(=O)(=O)Nc1ccc(Br)c2ccccc12. The summed E-state index contributed by atoms with van der Waals surface area (Å²) >= 11 is 3.47. The van der Waals surface area contributed by atoms with Crippen LogP contribution in [0, 0.1) is 0 Å². The molecule has 0 aromatic heterocycles. The maximum absolute atomic E-state index is 12.1. The summed E-state index contributed by atoms with van der Waals surface area (Å²) in [6, 6.07) is 11.2. The standard InChI is InChI=1S/C15H18BrNO3S/c1-11(2)20-9-10-21(18,19)17-15-8-7-14(16)12-5-3-4-6-13(12)15/h3-8,11,17H,9-10H2,1-2H3. The largest absolute Gasteiger partial charge is 0.378 e. The first-order valence-electron chi connectivity index (χ1n) is 6.68. The van der Waals surface area contributed by atoms with Crippen molar-refractivity contribution < 1.29 is 13.2 Å². The van der Waals surface area contributed by atoms with E-state index in [1.54, 1.807) is 6.07 Å². The van der Waals surface area contributed by atoms with Crippen molar-refractivity contribution in [2.75, 3.05) is 17.1 Å². The van der Waals surface area contributed by atoms with Crippen LogP contribution in [0.3, 0.4) is 0 Å². The molecule has 4 nitrogen and oxygen atoms in total. The zero-order valence-corrected chi connectivity index (χ0v) is 14.4. The fourth-order valence-electron chi connectivity index (χ4n) is 1.96. The highest BCUT2D eigenvalue weighted by atomic mass is 79.9. The minimum absolute atomic E-state index is 0.0220. The lowest BCUT2D eigenvalue weighted by atomic mass is 10.1. The van der Waals surface area contributed by atoms with E-state index in [1.165, 1.54) is 0 Å². The normalized spacial score (nSPS) is 12.0. The third-order valence-electron chi connectivity index (χ3n) is 2.94. The maximum Gasteiger partial charge on any atom is 0.235 e. The average molecular weight is 372 g/mol. The second kappa shape index (κ2) is 6.77. The van der Waals surface area contributed by atoms with Crippen LogP contribution >= 0.6 is 15.9 Å². The van der Waals surface area contributed by atoms with Gasteiger partial charge in [-0.05, 0) is 31.4 Å². The van der Waals surface area contributed by atoms with E-state index in [2.05, 4.69) is 20.7 Å². The Labute approximate surface area is 133 Å². The van der Waals surface area contributed by atoms with E-state index in [-0.39, 0.29) is 18.5 Å². The summed E-state index contributed by atoms with van der Waals surface area (Å²) in [5.74, 6) is -0.0599. The number of nitrogens with one attached hydrogen (secondary N) is 1. The summed E-state index contributed by atoms with van der Waals surface area (Å²) in [6.45, 7) is 3.94. The molecule has 0 amide bonds. The molecule has 0 saturated heterocycles. The van der Waals surface area contributed by atoms with Crippen LogP contribution in [0.1, 0.15) is 13.8 Å². The lowest BCUT2D eigenvalue weighted by molar-refractivity contribution is 0.0913. The van der Waals surface area contributed by atoms with Crippen molar-refractivity contribution in [1.82, 2.24) is 0 Å². The fourth-order valence-corrected chi connectivity index (χ4v) is 3.37. The molecule has 0 fully saturated rings. The molecule has 0 radical (unpaired) electrons. The molecule has 0 heterocycles. The summed E-state index contributed by atoms with van der Waals surface area (Å²) < 4.78 is 33.1. The Kier molecular flexibility index (Phi) is 5.24. The quantitative estimate of drug-likeness (QED) is 0.840. The number of rotatable bonds is 6. The molecule has 0 aliphatic rings. The van der Waals surface area contributed by atoms with Crippen LogP contribution in [0.5, 0.6) is 0 Å². The molecule has 1 N–H and O–H groups in total. The first-order valence-corrected chi connectivity index (χ1v) is 9.13. The molecule has 21 heavy (non-hydrogen) atoms.